The van der Waals surface area contributed by atoms with Crippen LogP contribution in [0.5, 0.6) is 0 Å². The van der Waals surface area contributed by atoms with E-state index in [2.05, 4.69) is 5.32 Å². The van der Waals surface area contributed by atoms with Gasteiger partial charge in [-0.3, -0.25) is 9.59 Å². The fourth-order valence-electron chi connectivity index (χ4n) is 4.40. The average molecular weight is 555 g/mol. The molecule has 2 aromatic carbocycles. The summed E-state index contributed by atoms with van der Waals surface area (Å²) in [5.41, 5.74) is 1.43. The second-order valence-corrected chi connectivity index (χ2v) is 12.1. The quantitative estimate of drug-likeness (QED) is 0.458. The topological polar surface area (TPSA) is 86.8 Å². The van der Waals surface area contributed by atoms with Crippen molar-refractivity contribution >= 4 is 45.0 Å². The predicted molar refractivity (Wildman–Crippen MR) is 142 cm³/mol. The van der Waals surface area contributed by atoms with E-state index in [9.17, 15) is 18.0 Å². The van der Waals surface area contributed by atoms with E-state index in [4.69, 9.17) is 23.2 Å². The van der Waals surface area contributed by atoms with E-state index >= 15 is 0 Å². The first-order chi connectivity index (χ1) is 17.0. The second-order valence-electron chi connectivity index (χ2n) is 9.21. The van der Waals surface area contributed by atoms with E-state index in [1.165, 1.54) is 24.1 Å². The molecule has 10 heteroatoms. The standard InChI is InChI=1S/C26H33Cl2N3O4S/c1-4-24(26(33)29-19-8-5-6-9-19)31(16-21-22(27)10-7-11-23(21)28)25(32)17-30(3)36(34,35)20-14-12-18(2)13-15-20/h7,10-15,19,24H,4-6,8-9,16-17H2,1-3H3,(H,29,33)/t24-/m0/s1. The summed E-state index contributed by atoms with van der Waals surface area (Å²) in [6, 6.07) is 10.7. The summed E-state index contributed by atoms with van der Waals surface area (Å²) in [4.78, 5) is 28.4. The number of amides is 2. The van der Waals surface area contributed by atoms with Crippen LogP contribution in [0.25, 0.3) is 0 Å². The molecule has 1 aliphatic carbocycles. The SMILES string of the molecule is CC[C@@H](C(=O)NC1CCCC1)N(Cc1c(Cl)cccc1Cl)C(=O)CN(C)S(=O)(=O)c1ccc(C)cc1. The third kappa shape index (κ3) is 6.79. The molecule has 0 aliphatic heterocycles. The summed E-state index contributed by atoms with van der Waals surface area (Å²) < 4.78 is 27.2. The molecule has 0 spiro atoms. The monoisotopic (exact) mass is 553 g/mol. The number of halogens is 2. The zero-order valence-electron chi connectivity index (χ0n) is 20.8. The number of benzene rings is 2. The molecule has 2 aromatic rings. The predicted octanol–water partition coefficient (Wildman–Crippen LogP) is 4.79. The fraction of sp³-hybridized carbons (Fsp3) is 0.462. The van der Waals surface area contributed by atoms with Gasteiger partial charge in [-0.2, -0.15) is 4.31 Å². The van der Waals surface area contributed by atoms with E-state index in [1.54, 1.807) is 30.3 Å². The number of carbonyl (C=O) groups excluding carboxylic acids is 2. The Balaban J connectivity index is 1.88. The lowest BCUT2D eigenvalue weighted by molar-refractivity contribution is -0.141. The van der Waals surface area contributed by atoms with Crippen LogP contribution >= 0.6 is 23.2 Å². The van der Waals surface area contributed by atoms with E-state index in [0.29, 0.717) is 22.0 Å². The van der Waals surface area contributed by atoms with Crippen LogP contribution in [0, 0.1) is 6.92 Å². The first-order valence-corrected chi connectivity index (χ1v) is 14.3. The minimum absolute atomic E-state index is 0.0215. The van der Waals surface area contributed by atoms with E-state index in [-0.39, 0.29) is 23.4 Å². The van der Waals surface area contributed by atoms with Crippen molar-refractivity contribution in [2.24, 2.45) is 0 Å². The molecule has 0 radical (unpaired) electrons. The van der Waals surface area contributed by atoms with Crippen molar-refractivity contribution in [1.82, 2.24) is 14.5 Å². The molecule has 7 nitrogen and oxygen atoms in total. The minimum atomic E-state index is -3.91. The van der Waals surface area contributed by atoms with Gasteiger partial charge in [-0.15, -0.1) is 0 Å². The number of sulfonamides is 1. The fourth-order valence-corrected chi connectivity index (χ4v) is 6.03. The van der Waals surface area contributed by atoms with E-state index in [0.717, 1.165) is 35.6 Å². The highest BCUT2D eigenvalue weighted by Crippen LogP contribution is 2.28. The number of carbonyl (C=O) groups is 2. The molecule has 0 bridgehead atoms. The molecule has 1 aliphatic rings. The molecule has 1 saturated carbocycles. The highest BCUT2D eigenvalue weighted by atomic mass is 35.5. The maximum atomic E-state index is 13.6. The lowest BCUT2D eigenvalue weighted by Gasteiger charge is -2.33. The number of hydrogen-bond donors (Lipinski definition) is 1. The van der Waals surface area contributed by atoms with Crippen molar-refractivity contribution in [2.45, 2.75) is 69.5 Å². The summed E-state index contributed by atoms with van der Waals surface area (Å²) in [6.45, 7) is 3.22. The smallest absolute Gasteiger partial charge is 0.243 e. The van der Waals surface area contributed by atoms with Gasteiger partial charge in [0, 0.05) is 35.2 Å². The van der Waals surface area contributed by atoms with Gasteiger partial charge in [-0.1, -0.05) is 66.7 Å². The average Bonchev–Trinajstić information content (AvgIpc) is 3.34. The Kier molecular flexibility index (Phi) is 9.80. The van der Waals surface area contributed by atoms with Gasteiger partial charge >= 0.3 is 0 Å². The lowest BCUT2D eigenvalue weighted by atomic mass is 10.1. The second kappa shape index (κ2) is 12.4. The number of likely N-dealkylation sites (N-methyl/N-ethyl adjacent to an activating group) is 1. The molecule has 0 heterocycles. The molecule has 0 unspecified atom stereocenters. The van der Waals surface area contributed by atoms with Crippen molar-refractivity contribution in [3.8, 4) is 0 Å². The van der Waals surface area contributed by atoms with Crippen LogP contribution < -0.4 is 5.32 Å². The molecule has 1 fully saturated rings. The van der Waals surface area contributed by atoms with Gasteiger partial charge in [-0.05, 0) is 50.5 Å². The van der Waals surface area contributed by atoms with E-state index < -0.39 is 28.5 Å². The Labute approximate surface area is 223 Å². The molecule has 196 valence electrons. The van der Waals surface area contributed by atoms with Crippen molar-refractivity contribution < 1.29 is 18.0 Å². The third-order valence-corrected chi connectivity index (χ3v) is 9.09. The highest BCUT2D eigenvalue weighted by molar-refractivity contribution is 7.89. The van der Waals surface area contributed by atoms with E-state index in [1.807, 2.05) is 13.8 Å². The van der Waals surface area contributed by atoms with Gasteiger partial charge in [0.2, 0.25) is 21.8 Å². The molecular formula is C26H33Cl2N3O4S. The number of hydrogen-bond acceptors (Lipinski definition) is 4. The summed E-state index contributed by atoms with van der Waals surface area (Å²) in [5, 5.41) is 3.80. The van der Waals surface area contributed by atoms with Crippen LogP contribution in [0.15, 0.2) is 47.4 Å². The Bertz CT molecular complexity index is 1160. The van der Waals surface area contributed by atoms with Gasteiger partial charge in [-0.25, -0.2) is 8.42 Å². The summed E-state index contributed by atoms with van der Waals surface area (Å²) in [5.74, 6) is -0.775. The van der Waals surface area contributed by atoms with Gasteiger partial charge in [0.05, 0.1) is 11.4 Å². The molecule has 36 heavy (non-hydrogen) atoms. The maximum Gasteiger partial charge on any atom is 0.243 e. The third-order valence-electron chi connectivity index (χ3n) is 6.56. The summed E-state index contributed by atoms with van der Waals surface area (Å²) in [7, 11) is -2.56. The zero-order valence-corrected chi connectivity index (χ0v) is 23.2. The van der Waals surface area contributed by atoms with Gasteiger partial charge in [0.1, 0.15) is 6.04 Å². The van der Waals surface area contributed by atoms with Crippen LogP contribution in [0.2, 0.25) is 10.0 Å². The van der Waals surface area contributed by atoms with Crippen molar-refractivity contribution in [1.29, 1.82) is 0 Å². The van der Waals surface area contributed by atoms with Crippen molar-refractivity contribution in [2.75, 3.05) is 13.6 Å². The van der Waals surface area contributed by atoms with Crippen LogP contribution in [0.4, 0.5) is 0 Å². The molecular weight excluding hydrogens is 521 g/mol. The Morgan fingerprint density at radius 1 is 1.06 bits per heavy atom. The van der Waals surface area contributed by atoms with Crippen molar-refractivity contribution in [3.63, 3.8) is 0 Å². The Morgan fingerprint density at radius 3 is 2.19 bits per heavy atom. The lowest BCUT2D eigenvalue weighted by Crippen LogP contribution is -2.53. The number of rotatable bonds is 10. The summed E-state index contributed by atoms with van der Waals surface area (Å²) in [6.07, 6.45) is 4.28. The Morgan fingerprint density at radius 2 is 1.64 bits per heavy atom. The molecule has 2 amide bonds. The largest absolute Gasteiger partial charge is 0.352 e. The zero-order chi connectivity index (χ0) is 26.5. The normalized spacial score (nSPS) is 15.2. The first-order valence-electron chi connectivity index (χ1n) is 12.1. The van der Waals surface area contributed by atoms with Crippen LogP contribution in [-0.4, -0.2) is 55.1 Å². The minimum Gasteiger partial charge on any atom is -0.352 e. The number of nitrogens with one attached hydrogen (secondary N) is 1. The maximum absolute atomic E-state index is 13.6. The van der Waals surface area contributed by atoms with Crippen molar-refractivity contribution in [3.05, 3.63) is 63.6 Å². The Hall–Kier alpha value is -2.13. The van der Waals surface area contributed by atoms with Gasteiger partial charge in [0.25, 0.3) is 0 Å². The first kappa shape index (κ1) is 28.4. The molecule has 0 aromatic heterocycles. The molecule has 3 rings (SSSR count). The molecule has 1 atom stereocenters. The number of aryl methyl sites for hydroxylation is 1. The van der Waals surface area contributed by atoms with Gasteiger partial charge < -0.3 is 10.2 Å². The van der Waals surface area contributed by atoms with Crippen LogP contribution in [0.1, 0.15) is 50.2 Å². The van der Waals surface area contributed by atoms with Crippen LogP contribution in [0.3, 0.4) is 0 Å². The molecule has 0 saturated heterocycles. The summed E-state index contributed by atoms with van der Waals surface area (Å²) >= 11 is 12.8. The number of nitrogens with zero attached hydrogens (tertiary/aromatic N) is 2. The molecule has 1 N–H and O–H groups in total. The van der Waals surface area contributed by atoms with Crippen LogP contribution in [-0.2, 0) is 26.2 Å². The highest BCUT2D eigenvalue weighted by Gasteiger charge is 2.33. The van der Waals surface area contributed by atoms with Gasteiger partial charge in [0.15, 0.2) is 0 Å².